The summed E-state index contributed by atoms with van der Waals surface area (Å²) in [6.07, 6.45) is 2.27. The quantitative estimate of drug-likeness (QED) is 0.826. The van der Waals surface area contributed by atoms with E-state index in [2.05, 4.69) is 22.4 Å². The summed E-state index contributed by atoms with van der Waals surface area (Å²) in [5.74, 6) is -0.237. The van der Waals surface area contributed by atoms with Gasteiger partial charge >= 0.3 is 0 Å². The van der Waals surface area contributed by atoms with E-state index in [0.717, 1.165) is 35.1 Å². The molecule has 0 aliphatic rings. The summed E-state index contributed by atoms with van der Waals surface area (Å²) in [6, 6.07) is 6.29. The topological polar surface area (TPSA) is 37.8 Å². The zero-order valence-electron chi connectivity index (χ0n) is 9.61. The summed E-state index contributed by atoms with van der Waals surface area (Å²) in [6.45, 7) is 3.06. The van der Waals surface area contributed by atoms with Crippen LogP contribution in [-0.4, -0.2) is 16.7 Å². The normalized spacial score (nSPS) is 10.5. The molecule has 3 nitrogen and oxygen atoms in total. The number of benzene rings is 1. The van der Waals surface area contributed by atoms with Gasteiger partial charge in [-0.05, 0) is 30.7 Å². The molecule has 0 bridgehead atoms. The molecule has 0 saturated carbocycles. The van der Waals surface area contributed by atoms with Crippen LogP contribution >= 0.6 is 11.3 Å². The zero-order valence-corrected chi connectivity index (χ0v) is 10.4. The van der Waals surface area contributed by atoms with Crippen molar-refractivity contribution in [3.05, 3.63) is 30.1 Å². The molecule has 1 N–H and O–H groups in total. The molecule has 1 heterocycles. The molecule has 2 aromatic rings. The fraction of sp³-hybridized carbons (Fsp3) is 0.333. The average molecular weight is 251 g/mol. The molecule has 2 rings (SSSR count). The minimum atomic E-state index is -0.237. The van der Waals surface area contributed by atoms with Gasteiger partial charge in [0.05, 0.1) is 0 Å². The number of hydrogen-bond donors (Lipinski definition) is 1. The Labute approximate surface area is 104 Å². The van der Waals surface area contributed by atoms with Gasteiger partial charge in [-0.15, -0.1) is 10.2 Å². The standard InChI is InChI=1S/C12H14FN3S/c1-2-3-8-14-12-16-15-11(17-12)9-4-6-10(13)7-5-9/h4-7H,2-3,8H2,1H3,(H,14,16). The van der Waals surface area contributed by atoms with Crippen molar-refractivity contribution in [2.24, 2.45) is 0 Å². The fourth-order valence-electron chi connectivity index (χ4n) is 1.38. The highest BCUT2D eigenvalue weighted by molar-refractivity contribution is 7.18. The van der Waals surface area contributed by atoms with E-state index in [1.165, 1.54) is 23.5 Å². The predicted octanol–water partition coefficient (Wildman–Crippen LogP) is 3.56. The number of rotatable bonds is 5. The molecule has 17 heavy (non-hydrogen) atoms. The maximum absolute atomic E-state index is 12.8. The van der Waals surface area contributed by atoms with E-state index in [-0.39, 0.29) is 5.82 Å². The first-order valence-electron chi connectivity index (χ1n) is 5.63. The zero-order chi connectivity index (χ0) is 12.1. The summed E-state index contributed by atoms with van der Waals surface area (Å²) in [5.41, 5.74) is 0.896. The Morgan fingerprint density at radius 1 is 1.24 bits per heavy atom. The second-order valence-corrected chi connectivity index (χ2v) is 4.68. The Balaban J connectivity index is 2.04. The molecule has 0 atom stereocenters. The van der Waals surface area contributed by atoms with Gasteiger partial charge in [-0.25, -0.2) is 4.39 Å². The van der Waals surface area contributed by atoms with E-state index >= 15 is 0 Å². The molecule has 0 aliphatic carbocycles. The van der Waals surface area contributed by atoms with E-state index in [1.807, 2.05) is 0 Å². The third-order valence-corrected chi connectivity index (χ3v) is 3.25. The lowest BCUT2D eigenvalue weighted by molar-refractivity contribution is 0.628. The minimum Gasteiger partial charge on any atom is -0.360 e. The van der Waals surface area contributed by atoms with Gasteiger partial charge < -0.3 is 5.32 Å². The molecule has 0 saturated heterocycles. The second kappa shape index (κ2) is 5.72. The number of aromatic nitrogens is 2. The Kier molecular flexibility index (Phi) is 4.03. The molecule has 1 aromatic heterocycles. The summed E-state index contributed by atoms with van der Waals surface area (Å²) in [7, 11) is 0. The largest absolute Gasteiger partial charge is 0.360 e. The van der Waals surface area contributed by atoms with E-state index in [9.17, 15) is 4.39 Å². The van der Waals surface area contributed by atoms with Crippen molar-refractivity contribution in [3.8, 4) is 10.6 Å². The molecule has 0 amide bonds. The Morgan fingerprint density at radius 3 is 2.71 bits per heavy atom. The molecular formula is C12H14FN3S. The molecule has 0 unspecified atom stereocenters. The third kappa shape index (κ3) is 3.23. The Hall–Kier alpha value is -1.49. The monoisotopic (exact) mass is 251 g/mol. The third-order valence-electron chi connectivity index (χ3n) is 2.32. The molecule has 90 valence electrons. The maximum atomic E-state index is 12.8. The van der Waals surface area contributed by atoms with Gasteiger partial charge in [0, 0.05) is 12.1 Å². The van der Waals surface area contributed by atoms with Crippen molar-refractivity contribution < 1.29 is 4.39 Å². The summed E-state index contributed by atoms with van der Waals surface area (Å²) in [5, 5.41) is 13.0. The summed E-state index contributed by atoms with van der Waals surface area (Å²) < 4.78 is 12.8. The van der Waals surface area contributed by atoms with Crippen LogP contribution in [0.3, 0.4) is 0 Å². The van der Waals surface area contributed by atoms with Crippen LogP contribution in [0, 0.1) is 5.82 Å². The van der Waals surface area contributed by atoms with Crippen LogP contribution in [0.2, 0.25) is 0 Å². The van der Waals surface area contributed by atoms with Crippen LogP contribution < -0.4 is 5.32 Å². The van der Waals surface area contributed by atoms with Crippen LogP contribution in [0.15, 0.2) is 24.3 Å². The molecule has 0 aliphatic heterocycles. The minimum absolute atomic E-state index is 0.237. The Morgan fingerprint density at radius 2 is 2.00 bits per heavy atom. The smallest absolute Gasteiger partial charge is 0.206 e. The van der Waals surface area contributed by atoms with Crippen molar-refractivity contribution in [2.45, 2.75) is 19.8 Å². The average Bonchev–Trinajstić information content (AvgIpc) is 2.79. The Bertz CT molecular complexity index is 467. The van der Waals surface area contributed by atoms with Crippen LogP contribution in [-0.2, 0) is 0 Å². The molecule has 0 spiro atoms. The molecule has 0 radical (unpaired) electrons. The van der Waals surface area contributed by atoms with Gasteiger partial charge in [-0.1, -0.05) is 24.7 Å². The molecule has 1 aromatic carbocycles. The van der Waals surface area contributed by atoms with Crippen molar-refractivity contribution in [2.75, 3.05) is 11.9 Å². The van der Waals surface area contributed by atoms with Gasteiger partial charge in [0.15, 0.2) is 0 Å². The van der Waals surface area contributed by atoms with Crippen LogP contribution in [0.5, 0.6) is 0 Å². The lowest BCUT2D eigenvalue weighted by Crippen LogP contribution is -1.99. The van der Waals surface area contributed by atoms with Crippen molar-refractivity contribution >= 4 is 16.5 Å². The number of unbranched alkanes of at least 4 members (excludes halogenated alkanes) is 1. The van der Waals surface area contributed by atoms with Gasteiger partial charge in [0.1, 0.15) is 10.8 Å². The van der Waals surface area contributed by atoms with Crippen LogP contribution in [0.1, 0.15) is 19.8 Å². The number of anilines is 1. The number of nitrogens with zero attached hydrogens (tertiary/aromatic N) is 2. The fourth-order valence-corrected chi connectivity index (χ4v) is 2.15. The lowest BCUT2D eigenvalue weighted by atomic mass is 10.2. The highest BCUT2D eigenvalue weighted by atomic mass is 32.1. The van der Waals surface area contributed by atoms with Crippen molar-refractivity contribution in [3.63, 3.8) is 0 Å². The number of halogens is 1. The number of nitrogens with one attached hydrogen (secondary N) is 1. The lowest BCUT2D eigenvalue weighted by Gasteiger charge is -1.97. The predicted molar refractivity (Wildman–Crippen MR) is 68.7 cm³/mol. The van der Waals surface area contributed by atoms with Crippen LogP contribution in [0.25, 0.3) is 10.6 Å². The van der Waals surface area contributed by atoms with E-state index < -0.39 is 0 Å². The molecule has 5 heteroatoms. The second-order valence-electron chi connectivity index (χ2n) is 3.70. The van der Waals surface area contributed by atoms with E-state index in [4.69, 9.17) is 0 Å². The van der Waals surface area contributed by atoms with E-state index in [1.54, 1.807) is 12.1 Å². The summed E-state index contributed by atoms with van der Waals surface area (Å²) >= 11 is 1.49. The van der Waals surface area contributed by atoms with E-state index in [0.29, 0.717) is 0 Å². The maximum Gasteiger partial charge on any atom is 0.206 e. The highest BCUT2D eigenvalue weighted by Gasteiger charge is 2.05. The number of hydrogen-bond acceptors (Lipinski definition) is 4. The first-order valence-corrected chi connectivity index (χ1v) is 6.44. The van der Waals surface area contributed by atoms with Crippen molar-refractivity contribution in [1.29, 1.82) is 0 Å². The highest BCUT2D eigenvalue weighted by Crippen LogP contribution is 2.26. The molecule has 0 fully saturated rings. The van der Waals surface area contributed by atoms with Crippen LogP contribution in [0.4, 0.5) is 9.52 Å². The summed E-state index contributed by atoms with van der Waals surface area (Å²) in [4.78, 5) is 0. The SMILES string of the molecule is CCCCNc1nnc(-c2ccc(F)cc2)s1. The van der Waals surface area contributed by atoms with Crippen molar-refractivity contribution in [1.82, 2.24) is 10.2 Å². The van der Waals surface area contributed by atoms with Gasteiger partial charge in [-0.3, -0.25) is 0 Å². The van der Waals surface area contributed by atoms with Gasteiger partial charge in [-0.2, -0.15) is 0 Å². The first kappa shape index (κ1) is 12.0. The van der Waals surface area contributed by atoms with Gasteiger partial charge in [0.2, 0.25) is 5.13 Å². The molecular weight excluding hydrogens is 237 g/mol. The first-order chi connectivity index (χ1) is 8.29. The van der Waals surface area contributed by atoms with Gasteiger partial charge in [0.25, 0.3) is 0 Å².